The predicted octanol–water partition coefficient (Wildman–Crippen LogP) is 1.03. The summed E-state index contributed by atoms with van der Waals surface area (Å²) in [6, 6.07) is 1.58. The minimum absolute atomic E-state index is 0.0254. The maximum Gasteiger partial charge on any atom is 0.256 e. The molecule has 1 aromatic heterocycles. The smallest absolute Gasteiger partial charge is 0.256 e. The lowest BCUT2D eigenvalue weighted by Crippen LogP contribution is -2.46. The van der Waals surface area contributed by atoms with Crippen LogP contribution in [0.4, 0.5) is 0 Å². The summed E-state index contributed by atoms with van der Waals surface area (Å²) >= 11 is 1.18. The third-order valence-corrected chi connectivity index (χ3v) is 8.10. The van der Waals surface area contributed by atoms with Crippen molar-refractivity contribution in [2.75, 3.05) is 33.3 Å². The van der Waals surface area contributed by atoms with E-state index in [0.29, 0.717) is 25.4 Å². The first-order valence-electron chi connectivity index (χ1n) is 8.65. The Morgan fingerprint density at radius 1 is 1.44 bits per heavy atom. The summed E-state index contributed by atoms with van der Waals surface area (Å²) in [5, 5.41) is 7.88. The molecule has 0 saturated carbocycles. The Hall–Kier alpha value is -1.16. The molecule has 7 nitrogen and oxygen atoms in total. The Morgan fingerprint density at radius 3 is 3.00 bits per heavy atom. The fourth-order valence-corrected chi connectivity index (χ4v) is 6.40. The SMILES string of the molecule is COc1ccsc1S(=O)(=O)N1CCCC(CNC(=O)C2CCCN2)C1. The van der Waals surface area contributed by atoms with Gasteiger partial charge in [0.05, 0.1) is 13.2 Å². The molecule has 0 radical (unpaired) electrons. The fourth-order valence-electron chi connectivity index (χ4n) is 3.43. The van der Waals surface area contributed by atoms with Gasteiger partial charge in [-0.05, 0) is 49.6 Å². The molecule has 25 heavy (non-hydrogen) atoms. The van der Waals surface area contributed by atoms with Crippen molar-refractivity contribution in [3.8, 4) is 5.75 Å². The zero-order chi connectivity index (χ0) is 17.9. The number of amides is 1. The Kier molecular flexibility index (Phi) is 5.98. The highest BCUT2D eigenvalue weighted by molar-refractivity contribution is 7.91. The first kappa shape index (κ1) is 18.6. The molecule has 2 saturated heterocycles. The molecule has 140 valence electrons. The van der Waals surface area contributed by atoms with Crippen LogP contribution < -0.4 is 15.4 Å². The monoisotopic (exact) mass is 387 g/mol. The summed E-state index contributed by atoms with van der Waals surface area (Å²) in [5.41, 5.74) is 0. The van der Waals surface area contributed by atoms with Gasteiger partial charge in [0.2, 0.25) is 5.91 Å². The van der Waals surface area contributed by atoms with Crippen molar-refractivity contribution in [3.05, 3.63) is 11.4 Å². The summed E-state index contributed by atoms with van der Waals surface area (Å²) in [4.78, 5) is 12.1. The number of sulfonamides is 1. The maximum absolute atomic E-state index is 12.9. The first-order chi connectivity index (χ1) is 12.0. The van der Waals surface area contributed by atoms with Gasteiger partial charge in [-0.15, -0.1) is 11.3 Å². The molecule has 0 spiro atoms. The van der Waals surface area contributed by atoms with Crippen molar-refractivity contribution in [3.63, 3.8) is 0 Å². The molecule has 3 rings (SSSR count). The van der Waals surface area contributed by atoms with Crippen LogP contribution in [0.5, 0.6) is 5.75 Å². The summed E-state index contributed by atoms with van der Waals surface area (Å²) in [5.74, 6) is 0.560. The molecule has 1 aromatic rings. The van der Waals surface area contributed by atoms with E-state index in [0.717, 1.165) is 32.2 Å². The van der Waals surface area contributed by atoms with E-state index in [2.05, 4.69) is 10.6 Å². The quantitative estimate of drug-likeness (QED) is 0.761. The number of thiophene rings is 1. The number of methoxy groups -OCH3 is 1. The van der Waals surface area contributed by atoms with Gasteiger partial charge in [0.1, 0.15) is 5.75 Å². The van der Waals surface area contributed by atoms with E-state index in [1.807, 2.05) is 0 Å². The average molecular weight is 388 g/mol. The molecule has 0 aromatic carbocycles. The van der Waals surface area contributed by atoms with Gasteiger partial charge in [0, 0.05) is 19.6 Å². The summed E-state index contributed by atoms with van der Waals surface area (Å²) in [6.45, 7) is 2.35. The molecule has 2 atom stereocenters. The second-order valence-electron chi connectivity index (χ2n) is 6.54. The van der Waals surface area contributed by atoms with Crippen LogP contribution in [-0.4, -0.2) is 58.0 Å². The van der Waals surface area contributed by atoms with E-state index in [1.165, 1.54) is 22.8 Å². The Balaban J connectivity index is 1.60. The molecule has 0 aliphatic carbocycles. The van der Waals surface area contributed by atoms with Crippen molar-refractivity contribution >= 4 is 27.3 Å². The third kappa shape index (κ3) is 4.16. The minimum Gasteiger partial charge on any atom is -0.494 e. The Morgan fingerprint density at radius 2 is 2.28 bits per heavy atom. The number of hydrogen-bond acceptors (Lipinski definition) is 6. The number of piperidine rings is 1. The van der Waals surface area contributed by atoms with Gasteiger partial charge in [-0.2, -0.15) is 4.31 Å². The van der Waals surface area contributed by atoms with Crippen molar-refractivity contribution in [1.82, 2.24) is 14.9 Å². The average Bonchev–Trinajstić information content (AvgIpc) is 3.31. The van der Waals surface area contributed by atoms with Crippen molar-refractivity contribution in [1.29, 1.82) is 0 Å². The maximum atomic E-state index is 12.9. The number of carbonyl (C=O) groups is 1. The van der Waals surface area contributed by atoms with Gasteiger partial charge in [-0.3, -0.25) is 4.79 Å². The van der Waals surface area contributed by atoms with E-state index in [4.69, 9.17) is 4.74 Å². The van der Waals surface area contributed by atoms with Crippen LogP contribution in [-0.2, 0) is 14.8 Å². The van der Waals surface area contributed by atoms with Gasteiger partial charge in [-0.25, -0.2) is 8.42 Å². The molecule has 0 bridgehead atoms. The highest BCUT2D eigenvalue weighted by Gasteiger charge is 2.33. The largest absolute Gasteiger partial charge is 0.494 e. The molecular weight excluding hydrogens is 362 g/mol. The molecule has 2 aliphatic rings. The lowest BCUT2D eigenvalue weighted by Gasteiger charge is -2.32. The normalized spacial score (nSPS) is 25.0. The van der Waals surface area contributed by atoms with Crippen LogP contribution in [0.1, 0.15) is 25.7 Å². The van der Waals surface area contributed by atoms with Gasteiger partial charge in [0.25, 0.3) is 10.0 Å². The van der Waals surface area contributed by atoms with Crippen LogP contribution in [0.15, 0.2) is 15.7 Å². The second kappa shape index (κ2) is 8.03. The zero-order valence-electron chi connectivity index (χ0n) is 14.4. The van der Waals surface area contributed by atoms with E-state index >= 15 is 0 Å². The summed E-state index contributed by atoms with van der Waals surface area (Å²) in [7, 11) is -2.07. The van der Waals surface area contributed by atoms with Gasteiger partial charge in [-0.1, -0.05) is 0 Å². The van der Waals surface area contributed by atoms with Crippen LogP contribution in [0.2, 0.25) is 0 Å². The molecule has 3 heterocycles. The van der Waals surface area contributed by atoms with Crippen molar-refractivity contribution in [2.24, 2.45) is 5.92 Å². The van der Waals surface area contributed by atoms with Crippen LogP contribution in [0, 0.1) is 5.92 Å². The number of carbonyl (C=O) groups excluding carboxylic acids is 1. The zero-order valence-corrected chi connectivity index (χ0v) is 16.0. The van der Waals surface area contributed by atoms with Crippen molar-refractivity contribution < 1.29 is 17.9 Å². The number of nitrogens with zero attached hydrogens (tertiary/aromatic N) is 1. The number of hydrogen-bond donors (Lipinski definition) is 2. The summed E-state index contributed by atoms with van der Waals surface area (Å²) < 4.78 is 32.7. The van der Waals surface area contributed by atoms with Crippen LogP contribution >= 0.6 is 11.3 Å². The van der Waals surface area contributed by atoms with Crippen LogP contribution in [0.3, 0.4) is 0 Å². The Labute approximate surface area is 152 Å². The minimum atomic E-state index is -3.55. The molecule has 9 heteroatoms. The first-order valence-corrected chi connectivity index (χ1v) is 11.0. The highest BCUT2D eigenvalue weighted by Crippen LogP contribution is 2.33. The topological polar surface area (TPSA) is 87.7 Å². The van der Waals surface area contributed by atoms with Gasteiger partial charge >= 0.3 is 0 Å². The van der Waals surface area contributed by atoms with E-state index in [9.17, 15) is 13.2 Å². The van der Waals surface area contributed by atoms with E-state index in [-0.39, 0.29) is 22.1 Å². The fraction of sp³-hybridized carbons (Fsp3) is 0.688. The summed E-state index contributed by atoms with van der Waals surface area (Å²) in [6.07, 6.45) is 3.62. The Bertz CT molecular complexity index is 698. The second-order valence-corrected chi connectivity index (χ2v) is 9.59. The number of nitrogens with one attached hydrogen (secondary N) is 2. The third-order valence-electron chi connectivity index (χ3n) is 4.81. The van der Waals surface area contributed by atoms with Crippen LogP contribution in [0.25, 0.3) is 0 Å². The van der Waals surface area contributed by atoms with Gasteiger partial charge in [0.15, 0.2) is 4.21 Å². The molecule has 2 aliphatic heterocycles. The van der Waals surface area contributed by atoms with E-state index in [1.54, 1.807) is 11.4 Å². The number of rotatable bonds is 6. The highest BCUT2D eigenvalue weighted by atomic mass is 32.2. The predicted molar refractivity (Wildman–Crippen MR) is 96.4 cm³/mol. The number of ether oxygens (including phenoxy) is 1. The molecule has 1 amide bonds. The van der Waals surface area contributed by atoms with Crippen molar-refractivity contribution in [2.45, 2.75) is 35.9 Å². The molecular formula is C16H25N3O4S2. The molecule has 2 fully saturated rings. The van der Waals surface area contributed by atoms with E-state index < -0.39 is 10.0 Å². The lowest BCUT2D eigenvalue weighted by molar-refractivity contribution is -0.123. The lowest BCUT2D eigenvalue weighted by atomic mass is 9.99. The standard InChI is InChI=1S/C16H25N3O4S2/c1-23-14-6-9-24-16(14)25(21,22)19-8-3-4-12(11-19)10-18-15(20)13-5-2-7-17-13/h6,9,12-13,17H,2-5,7-8,10-11H2,1H3,(H,18,20). The van der Waals surface area contributed by atoms with Gasteiger partial charge < -0.3 is 15.4 Å². The molecule has 2 N–H and O–H groups in total. The molecule has 2 unspecified atom stereocenters.